The van der Waals surface area contributed by atoms with Gasteiger partial charge in [-0.2, -0.15) is 0 Å². The van der Waals surface area contributed by atoms with Crippen LogP contribution in [0, 0.1) is 0 Å². The van der Waals surface area contributed by atoms with E-state index in [0.717, 1.165) is 57.8 Å². The van der Waals surface area contributed by atoms with E-state index in [-0.39, 0.29) is 19.3 Å². The van der Waals surface area contributed by atoms with E-state index in [0.29, 0.717) is 25.7 Å². The van der Waals surface area contributed by atoms with E-state index in [1.165, 1.54) is 64.2 Å². The molecule has 0 heterocycles. The highest BCUT2D eigenvalue weighted by Crippen LogP contribution is 2.47. The summed E-state index contributed by atoms with van der Waals surface area (Å²) in [6.45, 7) is -3.61. The quantitative estimate of drug-likeness (QED) is 0.0147. The summed E-state index contributed by atoms with van der Waals surface area (Å²) >= 11 is 0. The van der Waals surface area contributed by atoms with Gasteiger partial charge in [0.05, 0.1) is 13.4 Å². The molecule has 0 aromatic heterocycles. The first-order chi connectivity index (χ1) is 31.8. The average molecular weight is 906 g/mol. The van der Waals surface area contributed by atoms with Crippen LogP contribution in [-0.4, -0.2) is 98.2 Å². The van der Waals surface area contributed by atoms with Gasteiger partial charge >= 0.3 is 19.8 Å². The van der Waals surface area contributed by atoms with E-state index < -0.39 is 82.0 Å². The van der Waals surface area contributed by atoms with Gasteiger partial charge in [0.1, 0.15) is 43.2 Å². The van der Waals surface area contributed by atoms with E-state index in [1.807, 2.05) is 12.2 Å². The average Bonchev–Trinajstić information content (AvgIpc) is 3.26. The summed E-state index contributed by atoms with van der Waals surface area (Å²) in [6, 6.07) is 0. The minimum absolute atomic E-state index is 0.171. The first-order valence-electron chi connectivity index (χ1n) is 25.9. The zero-order chi connectivity index (χ0) is 50.2. The Morgan fingerprint density at radius 3 is 1.40 bits per heavy atom. The molecule has 0 aromatic carbocycles. The molecule has 1 saturated carbocycles. The van der Waals surface area contributed by atoms with E-state index in [1.54, 1.807) is 0 Å². The van der Waals surface area contributed by atoms with Crippen molar-refractivity contribution in [2.45, 2.75) is 230 Å². The molecular formula is C48H85O13P. The first-order valence-corrected chi connectivity index (χ1v) is 24.9. The Labute approximate surface area is 380 Å². The highest BCUT2D eigenvalue weighted by atomic mass is 31.2. The lowest BCUT2D eigenvalue weighted by Gasteiger charge is -2.41. The molecule has 1 aliphatic rings. The molecule has 0 spiro atoms. The van der Waals surface area contributed by atoms with Crippen molar-refractivity contribution in [3.05, 3.63) is 48.6 Å². The zero-order valence-electron chi connectivity index (χ0n) is 42.7. The van der Waals surface area contributed by atoms with Crippen molar-refractivity contribution >= 4 is 19.8 Å². The monoisotopic (exact) mass is 906 g/mol. The van der Waals surface area contributed by atoms with Crippen LogP contribution in [0.4, 0.5) is 0 Å². The number of hydrogen-bond donors (Lipinski definition) is 6. The number of aliphatic hydroxyl groups excluding tert-OH is 5. The van der Waals surface area contributed by atoms with Crippen LogP contribution in [-0.2, 0) is 32.7 Å². The number of unbranched alkanes of at least 4 members (excludes halogenated alkanes) is 19. The van der Waals surface area contributed by atoms with Crippen molar-refractivity contribution in [3.8, 4) is 0 Å². The maximum absolute atomic E-state index is 13.1. The van der Waals surface area contributed by atoms with E-state index in [2.05, 4.69) is 59.4 Å². The van der Waals surface area contributed by atoms with Gasteiger partial charge in [0, 0.05) is 12.8 Å². The third kappa shape index (κ3) is 30.0. The number of esters is 2. The smallest absolute Gasteiger partial charge is 0.462 e. The number of rotatable bonds is 39. The Kier molecular flexibility index (Phi) is 30.3. The molecule has 14 heteroatoms. The van der Waals surface area contributed by atoms with Crippen molar-refractivity contribution in [3.63, 3.8) is 0 Å². The van der Waals surface area contributed by atoms with Gasteiger partial charge in [-0.05, 0) is 57.8 Å². The molecule has 8 atom stereocenters. The van der Waals surface area contributed by atoms with E-state index in [4.69, 9.17) is 16.3 Å². The maximum atomic E-state index is 13.1. The largest absolute Gasteiger partial charge is 0.472 e. The minimum Gasteiger partial charge on any atom is -0.462 e. The van der Waals surface area contributed by atoms with Crippen molar-refractivity contribution in [2.24, 2.45) is 0 Å². The van der Waals surface area contributed by atoms with Gasteiger partial charge < -0.3 is 39.9 Å². The molecule has 0 saturated heterocycles. The number of carbonyl (C=O) groups excluding carboxylic acids is 2. The van der Waals surface area contributed by atoms with Crippen LogP contribution < -0.4 is 0 Å². The van der Waals surface area contributed by atoms with Crippen LogP contribution in [0.2, 0.25) is 0 Å². The molecule has 0 bridgehead atoms. The summed E-state index contributed by atoms with van der Waals surface area (Å²) in [7, 11) is -6.01. The number of allylic oxidation sites excluding steroid dienone is 8. The van der Waals surface area contributed by atoms with Gasteiger partial charge in [-0.15, -0.1) is 0 Å². The third-order valence-corrected chi connectivity index (χ3v) is 11.3. The van der Waals surface area contributed by atoms with Gasteiger partial charge in [-0.25, -0.2) is 4.57 Å². The van der Waals surface area contributed by atoms with Crippen molar-refractivity contribution in [1.29, 1.82) is 0 Å². The summed E-state index contributed by atoms with van der Waals surface area (Å²) < 4.78 is 75.0. The molecule has 0 radical (unpaired) electrons. The molecule has 13 nitrogen and oxygen atoms in total. The number of phosphoric acid groups is 1. The summed E-state index contributed by atoms with van der Waals surface area (Å²) in [4.78, 5) is 36.5. The van der Waals surface area contributed by atoms with Crippen molar-refractivity contribution < 1.29 is 70.0 Å². The highest BCUT2D eigenvalue weighted by Gasteiger charge is 2.51. The predicted octanol–water partition coefficient (Wildman–Crippen LogP) is 9.56. The van der Waals surface area contributed by atoms with Gasteiger partial charge in [-0.3, -0.25) is 18.6 Å². The standard InChI is InChI=1S/C48H85O13P/c1-3-5-7-9-11-13-15-17-19-20-21-22-23-25-27-29-31-33-35-37-42(50)60-40(39-59-62(56,57)61-48-46(54)44(52)43(51)45(53)47(48)55)38-58-41(49)36-34-32-30-28-26-24-18-16-14-12-10-8-6-4-2/h11,13,17,19,21-22,25,27,40,43-48,51-55H,3-10,12,14-16,18,20,23-24,26,28-39H2,1-2H3,(H,56,57)/b13-11-,19-17-,22-21-,27-25-/t40-,43?,44-,45?,46?,47?,48?/m1/s1/i38D2,39D2,40D. The molecule has 62 heavy (non-hydrogen) atoms. The lowest BCUT2D eigenvalue weighted by atomic mass is 9.85. The molecule has 1 rings (SSSR count). The number of phosphoric ester groups is 1. The molecule has 6 unspecified atom stereocenters. The first kappa shape index (κ1) is 49.2. The second-order valence-corrected chi connectivity index (χ2v) is 17.4. The fourth-order valence-electron chi connectivity index (χ4n) is 6.71. The number of hydrogen-bond acceptors (Lipinski definition) is 12. The number of ether oxygens (including phenoxy) is 2. The lowest BCUT2D eigenvalue weighted by Crippen LogP contribution is -2.64. The summed E-state index contributed by atoms with van der Waals surface area (Å²) in [5.74, 6) is -2.53. The fourth-order valence-corrected chi connectivity index (χ4v) is 7.51. The number of aliphatic hydroxyl groups is 5. The molecular weight excluding hydrogens is 815 g/mol. The molecule has 1 fully saturated rings. The topological polar surface area (TPSA) is 210 Å². The van der Waals surface area contributed by atoms with Crippen LogP contribution in [0.15, 0.2) is 48.6 Å². The minimum atomic E-state index is -6.01. The maximum Gasteiger partial charge on any atom is 0.472 e. The SMILES string of the molecule is [2H]C([2H])(OC(=O)CCCCCCCCCCCCCCCC)[C@@]([2H])(OC(=O)CCCCC/C=C\C/C=C\C/C=C\C/C=C\CCCCC)C([2H])([2H])OP(=O)(O)OC1C(O)C(O)C(O)[C@@H](O)C1O. The molecule has 0 aromatic rings. The second-order valence-electron chi connectivity index (χ2n) is 16.1. The predicted molar refractivity (Wildman–Crippen MR) is 244 cm³/mol. The molecule has 0 aliphatic heterocycles. The van der Waals surface area contributed by atoms with Crippen molar-refractivity contribution in [2.75, 3.05) is 13.1 Å². The molecule has 360 valence electrons. The lowest BCUT2D eigenvalue weighted by molar-refractivity contribution is -0.220. The van der Waals surface area contributed by atoms with Crippen LogP contribution >= 0.6 is 7.82 Å². The summed E-state index contributed by atoms with van der Waals surface area (Å²) in [5.41, 5.74) is 0. The van der Waals surface area contributed by atoms with Crippen LogP contribution in [0.1, 0.15) is 194 Å². The highest BCUT2D eigenvalue weighted by molar-refractivity contribution is 7.47. The van der Waals surface area contributed by atoms with Gasteiger partial charge in [0.2, 0.25) is 0 Å². The van der Waals surface area contributed by atoms with Gasteiger partial charge in [-0.1, -0.05) is 165 Å². The Morgan fingerprint density at radius 1 is 0.548 bits per heavy atom. The molecule has 1 aliphatic carbocycles. The fraction of sp³-hybridized carbons (Fsp3) is 0.792. The third-order valence-electron chi connectivity index (χ3n) is 10.5. The zero-order valence-corrected chi connectivity index (χ0v) is 38.6. The summed E-state index contributed by atoms with van der Waals surface area (Å²) in [6.07, 6.45) is 22.6. The van der Waals surface area contributed by atoms with E-state index in [9.17, 15) is 44.6 Å². The Balaban J connectivity index is 2.82. The van der Waals surface area contributed by atoms with Crippen molar-refractivity contribution in [1.82, 2.24) is 0 Å². The Hall–Kier alpha value is -2.19. The Morgan fingerprint density at radius 2 is 0.919 bits per heavy atom. The second kappa shape index (κ2) is 38.1. The van der Waals surface area contributed by atoms with Gasteiger partial charge in [0.25, 0.3) is 0 Å². The molecule has 6 N–H and O–H groups in total. The Bertz CT molecular complexity index is 1500. The van der Waals surface area contributed by atoms with Crippen LogP contribution in [0.3, 0.4) is 0 Å². The van der Waals surface area contributed by atoms with Gasteiger partial charge in [0.15, 0.2) is 6.08 Å². The van der Waals surface area contributed by atoms with E-state index >= 15 is 0 Å². The van der Waals surface area contributed by atoms with Crippen LogP contribution in [0.25, 0.3) is 0 Å². The normalized spacial score (nSPS) is 24.4. The number of carbonyl (C=O) groups is 2. The van der Waals surface area contributed by atoms with Crippen LogP contribution in [0.5, 0.6) is 0 Å². The molecule has 0 amide bonds. The summed E-state index contributed by atoms with van der Waals surface area (Å²) in [5, 5.41) is 50.5.